The van der Waals surface area contributed by atoms with E-state index in [-0.39, 0.29) is 0 Å². The summed E-state index contributed by atoms with van der Waals surface area (Å²) in [6.07, 6.45) is 5.97. The van der Waals surface area contributed by atoms with Gasteiger partial charge in [-0.25, -0.2) is 15.0 Å². The van der Waals surface area contributed by atoms with Gasteiger partial charge in [-0.2, -0.15) is 0 Å². The summed E-state index contributed by atoms with van der Waals surface area (Å²) >= 11 is 0. The number of aryl methyl sites for hydroxylation is 1. The van der Waals surface area contributed by atoms with Crippen molar-refractivity contribution in [2.24, 2.45) is 0 Å². The molecule has 0 aliphatic carbocycles. The molecule has 1 aliphatic heterocycles. The molecule has 0 spiro atoms. The normalized spacial score (nSPS) is 20.4. The maximum absolute atomic E-state index is 4.58. The number of likely N-dealkylation sites (tertiary alicyclic amines) is 1. The van der Waals surface area contributed by atoms with Gasteiger partial charge in [0, 0.05) is 12.4 Å². The van der Waals surface area contributed by atoms with E-state index in [1.165, 1.54) is 12.8 Å². The Labute approximate surface area is 106 Å². The van der Waals surface area contributed by atoms with Gasteiger partial charge in [0.05, 0.1) is 11.7 Å². The monoisotopic (exact) mass is 243 g/mol. The smallest absolute Gasteiger partial charge is 0.156 e. The van der Waals surface area contributed by atoms with Crippen LogP contribution in [0.1, 0.15) is 30.4 Å². The maximum Gasteiger partial charge on any atom is 0.156 e. The van der Waals surface area contributed by atoms with Gasteiger partial charge in [-0.1, -0.05) is 0 Å². The van der Waals surface area contributed by atoms with Crippen molar-refractivity contribution < 1.29 is 0 Å². The number of imidazole rings is 1. The van der Waals surface area contributed by atoms with Crippen molar-refractivity contribution in [2.45, 2.75) is 25.8 Å². The lowest BCUT2D eigenvalue weighted by Gasteiger charge is -2.19. The minimum absolute atomic E-state index is 0.417. The SMILES string of the molecule is Cc1nc(-c2ncc[nH]2)cc(C2CCCN2C)n1. The number of aromatic nitrogens is 4. The first-order chi connectivity index (χ1) is 8.74. The number of aromatic amines is 1. The van der Waals surface area contributed by atoms with E-state index in [0.717, 1.165) is 29.6 Å². The van der Waals surface area contributed by atoms with Crippen LogP contribution in [0, 0.1) is 6.92 Å². The summed E-state index contributed by atoms with van der Waals surface area (Å²) in [6, 6.07) is 2.47. The summed E-state index contributed by atoms with van der Waals surface area (Å²) in [7, 11) is 2.15. The van der Waals surface area contributed by atoms with E-state index < -0.39 is 0 Å². The van der Waals surface area contributed by atoms with Gasteiger partial charge in [-0.05, 0) is 39.4 Å². The Morgan fingerprint density at radius 1 is 1.39 bits per heavy atom. The lowest BCUT2D eigenvalue weighted by molar-refractivity contribution is 0.311. The third-order valence-corrected chi connectivity index (χ3v) is 3.46. The van der Waals surface area contributed by atoms with E-state index in [0.29, 0.717) is 6.04 Å². The highest BCUT2D eigenvalue weighted by atomic mass is 15.2. The molecule has 0 amide bonds. The minimum Gasteiger partial charge on any atom is -0.343 e. The Bertz CT molecular complexity index is 534. The molecule has 1 aliphatic rings. The van der Waals surface area contributed by atoms with E-state index in [4.69, 9.17) is 0 Å². The van der Waals surface area contributed by atoms with E-state index in [2.05, 4.69) is 37.9 Å². The lowest BCUT2D eigenvalue weighted by atomic mass is 10.1. The predicted octanol–water partition coefficient (Wildman–Crippen LogP) is 1.94. The van der Waals surface area contributed by atoms with Crippen LogP contribution < -0.4 is 0 Å². The number of nitrogens with zero attached hydrogens (tertiary/aromatic N) is 4. The lowest BCUT2D eigenvalue weighted by Crippen LogP contribution is -2.19. The molecule has 0 bridgehead atoms. The Balaban J connectivity index is 2.01. The van der Waals surface area contributed by atoms with Crippen molar-refractivity contribution in [3.05, 3.63) is 30.0 Å². The zero-order valence-electron chi connectivity index (χ0n) is 10.7. The van der Waals surface area contributed by atoms with Gasteiger partial charge < -0.3 is 4.98 Å². The molecule has 1 saturated heterocycles. The quantitative estimate of drug-likeness (QED) is 0.875. The van der Waals surface area contributed by atoms with E-state index >= 15 is 0 Å². The second-order valence-electron chi connectivity index (χ2n) is 4.80. The molecule has 18 heavy (non-hydrogen) atoms. The van der Waals surface area contributed by atoms with Crippen LogP contribution >= 0.6 is 0 Å². The summed E-state index contributed by atoms with van der Waals surface area (Å²) in [5.41, 5.74) is 1.98. The standard InChI is InChI=1S/C13H17N5/c1-9-16-10(12-4-3-7-18(12)2)8-11(17-9)13-14-5-6-15-13/h5-6,8,12H,3-4,7H2,1-2H3,(H,14,15). The first-order valence-electron chi connectivity index (χ1n) is 6.29. The molecule has 0 aromatic carbocycles. The van der Waals surface area contributed by atoms with E-state index in [1.54, 1.807) is 6.20 Å². The van der Waals surface area contributed by atoms with Gasteiger partial charge in [0.25, 0.3) is 0 Å². The average molecular weight is 243 g/mol. The Kier molecular flexibility index (Phi) is 2.83. The molecular weight excluding hydrogens is 226 g/mol. The molecule has 94 valence electrons. The van der Waals surface area contributed by atoms with Crippen molar-refractivity contribution in [1.82, 2.24) is 24.8 Å². The van der Waals surface area contributed by atoms with Crippen molar-refractivity contribution in [2.75, 3.05) is 13.6 Å². The van der Waals surface area contributed by atoms with Crippen LogP contribution in [0.4, 0.5) is 0 Å². The molecule has 1 unspecified atom stereocenters. The number of hydrogen-bond acceptors (Lipinski definition) is 4. The van der Waals surface area contributed by atoms with Crippen molar-refractivity contribution in [3.63, 3.8) is 0 Å². The molecular formula is C13H17N5. The summed E-state index contributed by atoms with van der Waals surface area (Å²) < 4.78 is 0. The zero-order valence-corrected chi connectivity index (χ0v) is 10.7. The molecule has 2 aromatic heterocycles. The minimum atomic E-state index is 0.417. The zero-order chi connectivity index (χ0) is 12.5. The summed E-state index contributed by atoms with van der Waals surface area (Å²) in [6.45, 7) is 3.08. The highest BCUT2D eigenvalue weighted by Crippen LogP contribution is 2.30. The van der Waals surface area contributed by atoms with Gasteiger partial charge in [0.1, 0.15) is 11.5 Å². The summed E-state index contributed by atoms with van der Waals surface area (Å²) in [4.78, 5) is 18.7. The van der Waals surface area contributed by atoms with Gasteiger partial charge >= 0.3 is 0 Å². The molecule has 1 fully saturated rings. The number of nitrogens with one attached hydrogen (secondary N) is 1. The fourth-order valence-corrected chi connectivity index (χ4v) is 2.57. The van der Waals surface area contributed by atoms with Gasteiger partial charge in [-0.3, -0.25) is 4.90 Å². The van der Waals surface area contributed by atoms with Crippen molar-refractivity contribution >= 4 is 0 Å². The molecule has 0 saturated carbocycles. The summed E-state index contributed by atoms with van der Waals surface area (Å²) in [5, 5.41) is 0. The molecule has 5 heteroatoms. The van der Waals surface area contributed by atoms with Crippen LogP contribution in [0.15, 0.2) is 18.5 Å². The molecule has 1 atom stereocenters. The average Bonchev–Trinajstić information content (AvgIpc) is 2.98. The topological polar surface area (TPSA) is 57.7 Å². The molecule has 1 N–H and O–H groups in total. The van der Waals surface area contributed by atoms with Crippen LogP contribution in [0.2, 0.25) is 0 Å². The number of H-pyrrole nitrogens is 1. The molecule has 2 aromatic rings. The van der Waals surface area contributed by atoms with Crippen LogP contribution in [0.25, 0.3) is 11.5 Å². The van der Waals surface area contributed by atoms with E-state index in [1.807, 2.05) is 13.1 Å². The molecule has 5 nitrogen and oxygen atoms in total. The Hall–Kier alpha value is -1.75. The van der Waals surface area contributed by atoms with Crippen LogP contribution in [-0.4, -0.2) is 38.4 Å². The van der Waals surface area contributed by atoms with Gasteiger partial charge in [-0.15, -0.1) is 0 Å². The Morgan fingerprint density at radius 2 is 2.28 bits per heavy atom. The van der Waals surface area contributed by atoms with Crippen molar-refractivity contribution in [3.8, 4) is 11.5 Å². The first-order valence-corrected chi connectivity index (χ1v) is 6.29. The van der Waals surface area contributed by atoms with Crippen LogP contribution in [0.5, 0.6) is 0 Å². The number of hydrogen-bond donors (Lipinski definition) is 1. The molecule has 3 heterocycles. The fourth-order valence-electron chi connectivity index (χ4n) is 2.57. The highest BCUT2D eigenvalue weighted by molar-refractivity contribution is 5.49. The number of rotatable bonds is 2. The predicted molar refractivity (Wildman–Crippen MR) is 69.0 cm³/mol. The van der Waals surface area contributed by atoms with Gasteiger partial charge in [0.15, 0.2) is 5.82 Å². The third kappa shape index (κ3) is 2.01. The fraction of sp³-hybridized carbons (Fsp3) is 0.462. The highest BCUT2D eigenvalue weighted by Gasteiger charge is 2.24. The van der Waals surface area contributed by atoms with Crippen LogP contribution in [0.3, 0.4) is 0 Å². The maximum atomic E-state index is 4.58. The first kappa shape index (κ1) is 11.3. The molecule has 0 radical (unpaired) electrons. The summed E-state index contributed by atoms with van der Waals surface area (Å²) in [5.74, 6) is 1.61. The Morgan fingerprint density at radius 3 is 2.94 bits per heavy atom. The van der Waals surface area contributed by atoms with E-state index in [9.17, 15) is 0 Å². The largest absolute Gasteiger partial charge is 0.343 e. The van der Waals surface area contributed by atoms with Crippen molar-refractivity contribution in [1.29, 1.82) is 0 Å². The third-order valence-electron chi connectivity index (χ3n) is 3.46. The van der Waals surface area contributed by atoms with Crippen LogP contribution in [-0.2, 0) is 0 Å². The second-order valence-corrected chi connectivity index (χ2v) is 4.80. The second kappa shape index (κ2) is 4.49. The van der Waals surface area contributed by atoms with Gasteiger partial charge in [0.2, 0.25) is 0 Å². The molecule has 3 rings (SSSR count).